The maximum Gasteiger partial charge on any atom is 0.204 e. The van der Waals surface area contributed by atoms with Crippen LogP contribution in [0.4, 0.5) is 0 Å². The van der Waals surface area contributed by atoms with Gasteiger partial charge < -0.3 is 4.74 Å². The fourth-order valence-electron chi connectivity index (χ4n) is 1.77. The van der Waals surface area contributed by atoms with Crippen LogP contribution in [0.5, 0.6) is 5.75 Å². The normalized spacial score (nSPS) is 10.6. The van der Waals surface area contributed by atoms with Crippen molar-refractivity contribution in [2.45, 2.75) is 0 Å². The van der Waals surface area contributed by atoms with Gasteiger partial charge in [-0.25, -0.2) is 0 Å². The number of rotatable bonds is 2. The van der Waals surface area contributed by atoms with Gasteiger partial charge in [0.2, 0.25) is 5.82 Å². The van der Waals surface area contributed by atoms with E-state index < -0.39 is 0 Å². The highest BCUT2D eigenvalue weighted by molar-refractivity contribution is 5.87. The van der Waals surface area contributed by atoms with Crippen molar-refractivity contribution in [2.24, 2.45) is 0 Å². The van der Waals surface area contributed by atoms with Crippen molar-refractivity contribution in [3.63, 3.8) is 0 Å². The van der Waals surface area contributed by atoms with Gasteiger partial charge in [-0.3, -0.25) is 0 Å². The molecule has 0 aliphatic rings. The number of fused-ring (bicyclic) bond motifs is 1. The third-order valence-corrected chi connectivity index (χ3v) is 2.65. The second-order valence-corrected chi connectivity index (χ2v) is 3.66. The van der Waals surface area contributed by atoms with Crippen molar-refractivity contribution in [1.82, 2.24) is 20.6 Å². The molecular weight excluding hydrogens is 216 g/mol. The molecule has 0 amide bonds. The van der Waals surface area contributed by atoms with Crippen molar-refractivity contribution in [2.75, 3.05) is 7.11 Å². The first-order chi connectivity index (χ1) is 8.36. The Kier molecular flexibility index (Phi) is 2.22. The minimum Gasteiger partial charge on any atom is -0.497 e. The minimum atomic E-state index is 0.600. The lowest BCUT2D eigenvalue weighted by Crippen LogP contribution is -1.84. The Labute approximate surface area is 97.4 Å². The molecule has 0 aliphatic heterocycles. The molecule has 0 bridgehead atoms. The second kappa shape index (κ2) is 3.86. The first kappa shape index (κ1) is 9.77. The Balaban J connectivity index is 2.14. The fraction of sp³-hybridized carbons (Fsp3) is 0.0833. The van der Waals surface area contributed by atoms with Gasteiger partial charge in [0, 0.05) is 5.56 Å². The van der Waals surface area contributed by atoms with Crippen LogP contribution in [0.15, 0.2) is 36.4 Å². The van der Waals surface area contributed by atoms with Crippen LogP contribution in [0.3, 0.4) is 0 Å². The van der Waals surface area contributed by atoms with Crippen LogP contribution in [0.1, 0.15) is 0 Å². The van der Waals surface area contributed by atoms with E-state index >= 15 is 0 Å². The lowest BCUT2D eigenvalue weighted by Gasteiger charge is -2.03. The average Bonchev–Trinajstić information content (AvgIpc) is 2.91. The zero-order valence-corrected chi connectivity index (χ0v) is 9.21. The number of benzene rings is 2. The quantitative estimate of drug-likeness (QED) is 0.726. The summed E-state index contributed by atoms with van der Waals surface area (Å²) in [6.07, 6.45) is 0. The number of tetrazole rings is 1. The number of ether oxygens (including phenoxy) is 1. The summed E-state index contributed by atoms with van der Waals surface area (Å²) in [5.41, 5.74) is 0.941. The predicted molar refractivity (Wildman–Crippen MR) is 63.7 cm³/mol. The highest BCUT2D eigenvalue weighted by Crippen LogP contribution is 2.24. The van der Waals surface area contributed by atoms with Crippen molar-refractivity contribution in [3.05, 3.63) is 36.4 Å². The fourth-order valence-corrected chi connectivity index (χ4v) is 1.77. The number of methoxy groups -OCH3 is 1. The molecule has 0 saturated carbocycles. The molecule has 17 heavy (non-hydrogen) atoms. The van der Waals surface area contributed by atoms with E-state index in [9.17, 15) is 0 Å². The number of aromatic nitrogens is 4. The molecule has 3 aromatic rings. The maximum absolute atomic E-state index is 5.19. The van der Waals surface area contributed by atoms with Crippen molar-refractivity contribution < 1.29 is 4.74 Å². The van der Waals surface area contributed by atoms with Crippen LogP contribution in [-0.2, 0) is 0 Å². The standard InChI is InChI=1S/C12H10N4O/c1-17-11-5-4-8-6-10(3-2-9(8)7-11)12-13-15-16-14-12/h2-7H,1H3,(H,13,14,15,16). The molecule has 0 aliphatic carbocycles. The van der Waals surface area contributed by atoms with Gasteiger partial charge in [0.15, 0.2) is 0 Å². The Bertz CT molecular complexity index is 649. The molecule has 2 aromatic carbocycles. The van der Waals surface area contributed by atoms with Crippen LogP contribution in [-0.4, -0.2) is 27.7 Å². The molecule has 1 aromatic heterocycles. The molecule has 0 unspecified atom stereocenters. The number of nitrogens with one attached hydrogen (secondary N) is 1. The Morgan fingerprint density at radius 2 is 1.88 bits per heavy atom. The van der Waals surface area contributed by atoms with Gasteiger partial charge in [0.25, 0.3) is 0 Å². The summed E-state index contributed by atoms with van der Waals surface area (Å²) in [6.45, 7) is 0. The summed E-state index contributed by atoms with van der Waals surface area (Å²) in [6, 6.07) is 11.9. The molecule has 5 heteroatoms. The summed E-state index contributed by atoms with van der Waals surface area (Å²) < 4.78 is 5.19. The summed E-state index contributed by atoms with van der Waals surface area (Å²) in [5, 5.41) is 16.1. The van der Waals surface area contributed by atoms with E-state index in [0.29, 0.717) is 5.82 Å². The van der Waals surface area contributed by atoms with Gasteiger partial charge in [0.05, 0.1) is 7.11 Å². The minimum absolute atomic E-state index is 0.600. The van der Waals surface area contributed by atoms with Crippen molar-refractivity contribution >= 4 is 10.8 Å². The van der Waals surface area contributed by atoms with Gasteiger partial charge in [-0.1, -0.05) is 18.2 Å². The van der Waals surface area contributed by atoms with E-state index in [-0.39, 0.29) is 0 Å². The van der Waals surface area contributed by atoms with Crippen molar-refractivity contribution in [3.8, 4) is 17.1 Å². The smallest absolute Gasteiger partial charge is 0.204 e. The van der Waals surface area contributed by atoms with Gasteiger partial charge in [-0.2, -0.15) is 5.21 Å². The van der Waals surface area contributed by atoms with E-state index in [1.54, 1.807) is 7.11 Å². The Morgan fingerprint density at radius 3 is 2.65 bits per heavy atom. The summed E-state index contributed by atoms with van der Waals surface area (Å²) in [7, 11) is 1.66. The molecule has 0 atom stereocenters. The number of H-pyrrole nitrogens is 1. The molecule has 3 rings (SSSR count). The number of hydrogen-bond donors (Lipinski definition) is 1. The first-order valence-corrected chi connectivity index (χ1v) is 5.18. The maximum atomic E-state index is 5.19. The topological polar surface area (TPSA) is 63.7 Å². The Hall–Kier alpha value is -2.43. The molecule has 0 radical (unpaired) electrons. The van der Waals surface area contributed by atoms with Crippen LogP contribution < -0.4 is 4.74 Å². The SMILES string of the molecule is COc1ccc2cc(-c3nn[nH]n3)ccc2c1. The molecule has 1 heterocycles. The lowest BCUT2D eigenvalue weighted by molar-refractivity contribution is 0.415. The van der Waals surface area contributed by atoms with Crippen LogP contribution >= 0.6 is 0 Å². The Morgan fingerprint density at radius 1 is 1.06 bits per heavy atom. The van der Waals surface area contributed by atoms with Crippen LogP contribution in [0, 0.1) is 0 Å². The molecule has 5 nitrogen and oxygen atoms in total. The second-order valence-electron chi connectivity index (χ2n) is 3.66. The molecule has 0 spiro atoms. The third kappa shape index (κ3) is 1.71. The zero-order chi connectivity index (χ0) is 11.7. The molecule has 84 valence electrons. The van der Waals surface area contributed by atoms with Crippen molar-refractivity contribution in [1.29, 1.82) is 0 Å². The largest absolute Gasteiger partial charge is 0.497 e. The highest BCUT2D eigenvalue weighted by Gasteiger charge is 2.04. The predicted octanol–water partition coefficient (Wildman–Crippen LogP) is 2.03. The number of nitrogens with zero attached hydrogens (tertiary/aromatic N) is 3. The molecule has 0 fully saturated rings. The zero-order valence-electron chi connectivity index (χ0n) is 9.21. The monoisotopic (exact) mass is 226 g/mol. The van der Waals surface area contributed by atoms with Gasteiger partial charge in [0.1, 0.15) is 5.75 Å². The first-order valence-electron chi connectivity index (χ1n) is 5.18. The molecule has 1 N–H and O–H groups in total. The third-order valence-electron chi connectivity index (χ3n) is 2.65. The molecule has 0 saturated heterocycles. The van der Waals surface area contributed by atoms with E-state index in [4.69, 9.17) is 4.74 Å². The van der Waals surface area contributed by atoms with E-state index in [1.807, 2.05) is 36.4 Å². The summed E-state index contributed by atoms with van der Waals surface area (Å²) in [5.74, 6) is 1.45. The highest BCUT2D eigenvalue weighted by atomic mass is 16.5. The average molecular weight is 226 g/mol. The van der Waals surface area contributed by atoms with E-state index in [1.165, 1.54) is 0 Å². The van der Waals surface area contributed by atoms with Gasteiger partial charge >= 0.3 is 0 Å². The molecular formula is C12H10N4O. The summed E-state index contributed by atoms with van der Waals surface area (Å²) in [4.78, 5) is 0. The van der Waals surface area contributed by atoms with Gasteiger partial charge in [-0.15, -0.1) is 10.2 Å². The van der Waals surface area contributed by atoms with E-state index in [2.05, 4.69) is 20.6 Å². The lowest BCUT2D eigenvalue weighted by atomic mass is 10.1. The number of hydrogen-bond acceptors (Lipinski definition) is 4. The van der Waals surface area contributed by atoms with Crippen LogP contribution in [0.2, 0.25) is 0 Å². The van der Waals surface area contributed by atoms with Crippen LogP contribution in [0.25, 0.3) is 22.2 Å². The summed E-state index contributed by atoms with van der Waals surface area (Å²) >= 11 is 0. The van der Waals surface area contributed by atoms with E-state index in [0.717, 1.165) is 22.1 Å². The van der Waals surface area contributed by atoms with Gasteiger partial charge in [-0.05, 0) is 34.2 Å². The number of aromatic amines is 1.